The van der Waals surface area contributed by atoms with Crippen LogP contribution in [0.25, 0.3) is 0 Å². The van der Waals surface area contributed by atoms with Gasteiger partial charge in [-0.3, -0.25) is 0 Å². The summed E-state index contributed by atoms with van der Waals surface area (Å²) in [6.45, 7) is 4.37. The average molecular weight is 260 g/mol. The molecule has 0 spiro atoms. The van der Waals surface area contributed by atoms with Crippen molar-refractivity contribution in [1.82, 2.24) is 4.98 Å². The van der Waals surface area contributed by atoms with Crippen LogP contribution < -0.4 is 5.32 Å². The van der Waals surface area contributed by atoms with E-state index >= 15 is 0 Å². The van der Waals surface area contributed by atoms with E-state index in [1.165, 1.54) is 24.8 Å². The van der Waals surface area contributed by atoms with E-state index in [9.17, 15) is 0 Å². The molecule has 1 N–H and O–H groups in total. The number of unbranched alkanes of at least 4 members (excludes halogenated alkanes) is 1. The zero-order valence-corrected chi connectivity index (χ0v) is 11.8. The Morgan fingerprint density at radius 2 is 2.06 bits per heavy atom. The number of aryl methyl sites for hydroxylation is 1. The summed E-state index contributed by atoms with van der Waals surface area (Å²) in [7, 11) is 0. The maximum atomic E-state index is 4.33. The summed E-state index contributed by atoms with van der Waals surface area (Å²) in [6, 6.07) is 9.01. The highest BCUT2D eigenvalue weighted by Crippen LogP contribution is 2.19. The fourth-order valence-corrected chi connectivity index (χ4v) is 2.56. The highest BCUT2D eigenvalue weighted by Gasteiger charge is 2.06. The van der Waals surface area contributed by atoms with Crippen LogP contribution in [-0.4, -0.2) is 4.98 Å². The van der Waals surface area contributed by atoms with Crippen LogP contribution in [0.15, 0.2) is 35.2 Å². The van der Waals surface area contributed by atoms with Gasteiger partial charge in [0.05, 0.1) is 17.2 Å². The predicted octanol–water partition coefficient (Wildman–Crippen LogP) is 4.66. The van der Waals surface area contributed by atoms with E-state index in [2.05, 4.69) is 53.8 Å². The topological polar surface area (TPSA) is 24.9 Å². The predicted molar refractivity (Wildman–Crippen MR) is 79.2 cm³/mol. The first-order valence-electron chi connectivity index (χ1n) is 6.53. The van der Waals surface area contributed by atoms with Gasteiger partial charge in [-0.05, 0) is 37.5 Å². The smallest absolute Gasteiger partial charge is 0.0795 e. The minimum atomic E-state index is 0.262. The van der Waals surface area contributed by atoms with Crippen molar-refractivity contribution in [1.29, 1.82) is 0 Å². The molecule has 18 heavy (non-hydrogen) atoms. The molecule has 0 saturated carbocycles. The lowest BCUT2D eigenvalue weighted by Gasteiger charge is -2.13. The Balaban J connectivity index is 1.93. The molecule has 0 saturated heterocycles. The van der Waals surface area contributed by atoms with E-state index in [-0.39, 0.29) is 6.04 Å². The fourth-order valence-electron chi connectivity index (χ4n) is 1.91. The lowest BCUT2D eigenvalue weighted by Crippen LogP contribution is -2.06. The van der Waals surface area contributed by atoms with Gasteiger partial charge < -0.3 is 5.32 Å². The number of hydrogen-bond donors (Lipinski definition) is 1. The van der Waals surface area contributed by atoms with Crippen molar-refractivity contribution in [2.24, 2.45) is 0 Å². The van der Waals surface area contributed by atoms with Crippen LogP contribution in [0, 0.1) is 0 Å². The van der Waals surface area contributed by atoms with Crippen molar-refractivity contribution < 1.29 is 0 Å². The van der Waals surface area contributed by atoms with Crippen molar-refractivity contribution in [2.75, 3.05) is 5.32 Å². The molecule has 1 unspecified atom stereocenters. The number of thiazole rings is 1. The largest absolute Gasteiger partial charge is 0.377 e. The summed E-state index contributed by atoms with van der Waals surface area (Å²) < 4.78 is 0. The zero-order chi connectivity index (χ0) is 12.8. The zero-order valence-electron chi connectivity index (χ0n) is 11.0. The van der Waals surface area contributed by atoms with Crippen molar-refractivity contribution >= 4 is 17.0 Å². The lowest BCUT2D eigenvalue weighted by molar-refractivity contribution is 0.795. The van der Waals surface area contributed by atoms with E-state index in [0.29, 0.717) is 0 Å². The molecule has 2 rings (SSSR count). The molecule has 0 aliphatic heterocycles. The van der Waals surface area contributed by atoms with Crippen LogP contribution in [0.4, 0.5) is 5.69 Å². The van der Waals surface area contributed by atoms with Crippen LogP contribution in [0.5, 0.6) is 0 Å². The second kappa shape index (κ2) is 6.55. The molecule has 0 aliphatic carbocycles. The number of nitrogens with one attached hydrogen (secondary N) is 1. The Bertz CT molecular complexity index is 448. The SMILES string of the molecule is CCCCc1ccc(NC(C)c2cscn2)cc1. The van der Waals surface area contributed by atoms with Crippen molar-refractivity contribution in [3.05, 3.63) is 46.4 Å². The molecule has 0 fully saturated rings. The highest BCUT2D eigenvalue weighted by atomic mass is 32.1. The van der Waals surface area contributed by atoms with Crippen LogP contribution in [0.1, 0.15) is 44.0 Å². The first-order chi connectivity index (χ1) is 8.79. The number of benzene rings is 1. The molecule has 0 amide bonds. The van der Waals surface area contributed by atoms with E-state index in [4.69, 9.17) is 0 Å². The third kappa shape index (κ3) is 3.57. The standard InChI is InChI=1S/C15H20N2S/c1-3-4-5-13-6-8-14(9-7-13)17-12(2)15-10-18-11-16-15/h6-12,17H,3-5H2,1-2H3. The third-order valence-corrected chi connectivity index (χ3v) is 3.66. The van der Waals surface area contributed by atoms with Gasteiger partial charge in [-0.2, -0.15) is 0 Å². The summed E-state index contributed by atoms with van der Waals surface area (Å²) in [4.78, 5) is 4.33. The second-order valence-corrected chi connectivity index (χ2v) is 5.30. The third-order valence-electron chi connectivity index (χ3n) is 3.05. The lowest BCUT2D eigenvalue weighted by atomic mass is 10.1. The molecule has 1 atom stereocenters. The van der Waals surface area contributed by atoms with Gasteiger partial charge in [-0.25, -0.2) is 4.98 Å². The van der Waals surface area contributed by atoms with Gasteiger partial charge in [0, 0.05) is 11.1 Å². The van der Waals surface area contributed by atoms with E-state index in [0.717, 1.165) is 11.4 Å². The maximum absolute atomic E-state index is 4.33. The molecule has 0 aliphatic rings. The van der Waals surface area contributed by atoms with Gasteiger partial charge in [0.25, 0.3) is 0 Å². The van der Waals surface area contributed by atoms with Crippen LogP contribution in [0.2, 0.25) is 0 Å². The van der Waals surface area contributed by atoms with Gasteiger partial charge in [0.15, 0.2) is 0 Å². The Kier molecular flexibility index (Phi) is 4.76. The van der Waals surface area contributed by atoms with Crippen LogP contribution in [0.3, 0.4) is 0 Å². The monoisotopic (exact) mass is 260 g/mol. The summed E-state index contributed by atoms with van der Waals surface area (Å²) in [5.74, 6) is 0. The van der Waals surface area contributed by atoms with Crippen molar-refractivity contribution in [2.45, 2.75) is 39.2 Å². The Morgan fingerprint density at radius 3 is 2.67 bits per heavy atom. The van der Waals surface area contributed by atoms with Crippen molar-refractivity contribution in [3.8, 4) is 0 Å². The normalized spacial score (nSPS) is 12.3. The molecular weight excluding hydrogens is 240 g/mol. The molecule has 0 radical (unpaired) electrons. The summed E-state index contributed by atoms with van der Waals surface area (Å²) in [5, 5.41) is 5.56. The highest BCUT2D eigenvalue weighted by molar-refractivity contribution is 7.07. The molecule has 96 valence electrons. The summed E-state index contributed by atoms with van der Waals surface area (Å²) >= 11 is 1.64. The number of hydrogen-bond acceptors (Lipinski definition) is 3. The van der Waals surface area contributed by atoms with Crippen molar-refractivity contribution in [3.63, 3.8) is 0 Å². The molecule has 1 aromatic carbocycles. The average Bonchev–Trinajstić information content (AvgIpc) is 2.92. The minimum Gasteiger partial charge on any atom is -0.377 e. The Hall–Kier alpha value is -1.35. The molecule has 2 aromatic rings. The Labute approximate surface area is 113 Å². The second-order valence-electron chi connectivity index (χ2n) is 4.58. The molecular formula is C15H20N2S. The van der Waals surface area contributed by atoms with Gasteiger partial charge in [-0.15, -0.1) is 11.3 Å². The molecule has 1 heterocycles. The van der Waals surface area contributed by atoms with Gasteiger partial charge in [0.1, 0.15) is 0 Å². The fraction of sp³-hybridized carbons (Fsp3) is 0.400. The number of anilines is 1. The number of aromatic nitrogens is 1. The van der Waals surface area contributed by atoms with Crippen LogP contribution >= 0.6 is 11.3 Å². The number of nitrogens with zero attached hydrogens (tertiary/aromatic N) is 1. The minimum absolute atomic E-state index is 0.262. The first-order valence-corrected chi connectivity index (χ1v) is 7.47. The van der Waals surface area contributed by atoms with E-state index in [1.54, 1.807) is 11.3 Å². The summed E-state index contributed by atoms with van der Waals surface area (Å²) in [5.41, 5.74) is 5.57. The van der Waals surface area contributed by atoms with Gasteiger partial charge in [0.2, 0.25) is 0 Å². The van der Waals surface area contributed by atoms with Gasteiger partial charge >= 0.3 is 0 Å². The molecule has 3 heteroatoms. The van der Waals surface area contributed by atoms with E-state index < -0.39 is 0 Å². The summed E-state index contributed by atoms with van der Waals surface area (Å²) in [6.07, 6.45) is 3.70. The maximum Gasteiger partial charge on any atom is 0.0795 e. The molecule has 1 aromatic heterocycles. The molecule has 0 bridgehead atoms. The van der Waals surface area contributed by atoms with E-state index in [1.807, 2.05) is 5.51 Å². The van der Waals surface area contributed by atoms with Gasteiger partial charge in [-0.1, -0.05) is 25.5 Å². The first kappa shape index (κ1) is 13.1. The number of rotatable bonds is 6. The molecule has 2 nitrogen and oxygen atoms in total. The van der Waals surface area contributed by atoms with Crippen LogP contribution in [-0.2, 0) is 6.42 Å². The Morgan fingerprint density at radius 1 is 1.28 bits per heavy atom. The quantitative estimate of drug-likeness (QED) is 0.817.